The molecule has 1 aromatic carbocycles. The second kappa shape index (κ2) is 10.7. The van der Waals surface area contributed by atoms with Crippen molar-refractivity contribution in [3.8, 4) is 17.0 Å². The number of benzene rings is 1. The van der Waals surface area contributed by atoms with Crippen LogP contribution in [0.5, 0.6) is 5.75 Å². The molecule has 3 aromatic rings. The van der Waals surface area contributed by atoms with E-state index in [9.17, 15) is 9.59 Å². The third kappa shape index (κ3) is 5.28. The summed E-state index contributed by atoms with van der Waals surface area (Å²) < 4.78 is 33.4. The SMILES string of the molecule is [2H]C([2H])([2H])NC(=O)c1nncc(NC(=O)C2CC2)c1Nc1cccc(-c2cnc(N3CCOCC3)cn2)c1OC. The Bertz CT molecular complexity index is 1390. The van der Waals surface area contributed by atoms with Gasteiger partial charge in [-0.15, -0.1) is 5.10 Å². The first-order chi connectivity index (χ1) is 19.2. The molecule has 2 amide bonds. The fourth-order valence-corrected chi connectivity index (χ4v) is 4.01. The number of para-hydroxylation sites is 1. The molecule has 0 unspecified atom stereocenters. The van der Waals surface area contributed by atoms with E-state index in [1.54, 1.807) is 24.5 Å². The highest BCUT2D eigenvalue weighted by Crippen LogP contribution is 2.39. The van der Waals surface area contributed by atoms with Crippen LogP contribution < -0.4 is 25.6 Å². The van der Waals surface area contributed by atoms with Crippen LogP contribution >= 0.6 is 0 Å². The number of rotatable bonds is 8. The summed E-state index contributed by atoms with van der Waals surface area (Å²) in [6, 6.07) is 5.28. The van der Waals surface area contributed by atoms with Gasteiger partial charge in [-0.1, -0.05) is 6.07 Å². The van der Waals surface area contributed by atoms with Crippen molar-refractivity contribution in [3.63, 3.8) is 0 Å². The van der Waals surface area contributed by atoms with E-state index in [0.717, 1.165) is 31.7 Å². The van der Waals surface area contributed by atoms with Crippen molar-refractivity contribution in [3.05, 3.63) is 42.5 Å². The number of ether oxygens (including phenoxy) is 2. The summed E-state index contributed by atoms with van der Waals surface area (Å²) in [4.78, 5) is 36.7. The van der Waals surface area contributed by atoms with Crippen LogP contribution in [0.3, 0.4) is 0 Å². The van der Waals surface area contributed by atoms with Gasteiger partial charge >= 0.3 is 0 Å². The number of anilines is 4. The molecule has 1 aliphatic carbocycles. The van der Waals surface area contributed by atoms with Gasteiger partial charge in [0.2, 0.25) is 5.91 Å². The van der Waals surface area contributed by atoms with Crippen LogP contribution in [0.15, 0.2) is 36.8 Å². The van der Waals surface area contributed by atoms with Crippen LogP contribution in [0.4, 0.5) is 22.9 Å². The zero-order valence-corrected chi connectivity index (χ0v) is 20.2. The first-order valence-corrected chi connectivity index (χ1v) is 11.8. The van der Waals surface area contributed by atoms with Gasteiger partial charge in [-0.25, -0.2) is 4.98 Å². The Morgan fingerprint density at radius 2 is 1.97 bits per heavy atom. The molecule has 1 saturated heterocycles. The van der Waals surface area contributed by atoms with E-state index in [0.29, 0.717) is 35.9 Å². The summed E-state index contributed by atoms with van der Waals surface area (Å²) in [5.41, 5.74) is 1.50. The summed E-state index contributed by atoms with van der Waals surface area (Å²) in [5, 5.41) is 15.5. The maximum Gasteiger partial charge on any atom is 0.273 e. The molecule has 0 radical (unpaired) electrons. The first kappa shape index (κ1) is 20.8. The topological polar surface area (TPSA) is 143 Å². The monoisotopic (exact) mass is 507 g/mol. The molecule has 192 valence electrons. The summed E-state index contributed by atoms with van der Waals surface area (Å²) in [6.07, 6.45) is 6.16. The lowest BCUT2D eigenvalue weighted by Crippen LogP contribution is -2.36. The minimum absolute atomic E-state index is 0.0648. The molecule has 12 nitrogen and oxygen atoms in total. The molecule has 0 atom stereocenters. The third-order valence-electron chi connectivity index (χ3n) is 6.11. The maximum absolute atomic E-state index is 12.9. The summed E-state index contributed by atoms with van der Waals surface area (Å²) in [5.74, 6) is -0.220. The Labute approximate surface area is 218 Å². The molecule has 3 N–H and O–H groups in total. The van der Waals surface area contributed by atoms with E-state index in [2.05, 4.69) is 35.7 Å². The summed E-state index contributed by atoms with van der Waals surface area (Å²) in [6.45, 7) is -0.0381. The Hall–Kier alpha value is -4.32. The normalized spacial score (nSPS) is 16.7. The zero-order chi connectivity index (χ0) is 28.3. The molecule has 0 spiro atoms. The molecule has 2 aromatic heterocycles. The molecule has 2 fully saturated rings. The molecule has 12 heteroatoms. The highest BCUT2D eigenvalue weighted by molar-refractivity contribution is 6.05. The van der Waals surface area contributed by atoms with Gasteiger partial charge in [0.05, 0.1) is 61.7 Å². The number of carbonyl (C=O) groups is 2. The molecule has 0 bridgehead atoms. The molecule has 37 heavy (non-hydrogen) atoms. The third-order valence-corrected chi connectivity index (χ3v) is 6.11. The van der Waals surface area contributed by atoms with Gasteiger partial charge in [0, 0.05) is 35.7 Å². The molecule has 2 aliphatic rings. The fourth-order valence-electron chi connectivity index (χ4n) is 4.01. The number of nitrogens with zero attached hydrogens (tertiary/aromatic N) is 5. The van der Waals surface area contributed by atoms with Crippen LogP contribution in [0.2, 0.25) is 0 Å². The molecule has 1 aliphatic heterocycles. The van der Waals surface area contributed by atoms with Crippen LogP contribution in [0.25, 0.3) is 11.3 Å². The second-order valence-electron chi connectivity index (χ2n) is 8.57. The Balaban J connectivity index is 1.49. The Kier molecular flexibility index (Phi) is 6.05. The Morgan fingerprint density at radius 1 is 1.14 bits per heavy atom. The average Bonchev–Trinajstić information content (AvgIpc) is 3.79. The quantitative estimate of drug-likeness (QED) is 0.415. The predicted molar refractivity (Wildman–Crippen MR) is 137 cm³/mol. The molecule has 1 saturated carbocycles. The van der Waals surface area contributed by atoms with Crippen molar-refractivity contribution in [1.82, 2.24) is 25.5 Å². The predicted octanol–water partition coefficient (Wildman–Crippen LogP) is 2.23. The molecule has 3 heterocycles. The first-order valence-electron chi connectivity index (χ1n) is 13.3. The van der Waals surface area contributed by atoms with Crippen molar-refractivity contribution in [2.45, 2.75) is 12.8 Å². The van der Waals surface area contributed by atoms with Gasteiger partial charge < -0.3 is 30.3 Å². The smallest absolute Gasteiger partial charge is 0.273 e. The number of amides is 2. The van der Waals surface area contributed by atoms with Crippen LogP contribution in [0.1, 0.15) is 27.4 Å². The van der Waals surface area contributed by atoms with Gasteiger partial charge in [-0.2, -0.15) is 5.10 Å². The van der Waals surface area contributed by atoms with E-state index < -0.39 is 12.9 Å². The maximum atomic E-state index is 12.9. The minimum atomic E-state index is -2.76. The fraction of sp³-hybridized carbons (Fsp3) is 0.360. The van der Waals surface area contributed by atoms with Gasteiger partial charge in [0.15, 0.2) is 11.4 Å². The van der Waals surface area contributed by atoms with Gasteiger partial charge in [0.25, 0.3) is 5.91 Å². The standard InChI is InChI=1S/C25H28N8O4/c1-26-25(35)22-21(19(13-29-32-22)31-24(34)15-6-7-15)30-17-5-3-4-16(23(17)36-2)18-12-28-20(14-27-18)33-8-10-37-11-9-33/h3-5,12-15H,6-11H2,1-2H3,(H,26,35)(H,29,30)(H,31,32,34)/i1D3. The number of aromatic nitrogens is 4. The van der Waals surface area contributed by atoms with E-state index in [4.69, 9.17) is 13.6 Å². The number of hydrogen-bond acceptors (Lipinski definition) is 10. The Morgan fingerprint density at radius 3 is 2.68 bits per heavy atom. The van der Waals surface area contributed by atoms with E-state index in [1.807, 2.05) is 11.4 Å². The lowest BCUT2D eigenvalue weighted by molar-refractivity contribution is -0.117. The van der Waals surface area contributed by atoms with Gasteiger partial charge in [0.1, 0.15) is 5.82 Å². The zero-order valence-electron chi connectivity index (χ0n) is 23.2. The summed E-state index contributed by atoms with van der Waals surface area (Å²) >= 11 is 0. The second-order valence-corrected chi connectivity index (χ2v) is 8.57. The lowest BCUT2D eigenvalue weighted by atomic mass is 10.1. The number of carbonyl (C=O) groups excluding carboxylic acids is 2. The van der Waals surface area contributed by atoms with Crippen molar-refractivity contribution in [1.29, 1.82) is 0 Å². The van der Waals surface area contributed by atoms with E-state index in [-0.39, 0.29) is 28.9 Å². The van der Waals surface area contributed by atoms with Crippen LogP contribution in [-0.2, 0) is 9.53 Å². The van der Waals surface area contributed by atoms with E-state index >= 15 is 0 Å². The van der Waals surface area contributed by atoms with Gasteiger partial charge in [-0.3, -0.25) is 14.6 Å². The van der Waals surface area contributed by atoms with Crippen molar-refractivity contribution < 1.29 is 23.2 Å². The average molecular weight is 508 g/mol. The highest BCUT2D eigenvalue weighted by Gasteiger charge is 2.31. The molecule has 5 rings (SSSR count). The largest absolute Gasteiger partial charge is 0.494 e. The van der Waals surface area contributed by atoms with Crippen molar-refractivity contribution >= 4 is 34.7 Å². The highest BCUT2D eigenvalue weighted by atomic mass is 16.5. The number of hydrogen-bond donors (Lipinski definition) is 3. The molecular weight excluding hydrogens is 476 g/mol. The molecular formula is C25H28N8O4. The minimum Gasteiger partial charge on any atom is -0.494 e. The lowest BCUT2D eigenvalue weighted by Gasteiger charge is -2.27. The number of morpholine rings is 1. The van der Waals surface area contributed by atoms with Crippen LogP contribution in [-0.4, -0.2) is 72.4 Å². The van der Waals surface area contributed by atoms with Crippen molar-refractivity contribution in [2.75, 3.05) is 55.9 Å². The number of nitrogens with one attached hydrogen (secondary N) is 3. The summed E-state index contributed by atoms with van der Waals surface area (Å²) in [7, 11) is 1.49. The number of methoxy groups -OCH3 is 1. The van der Waals surface area contributed by atoms with Crippen LogP contribution in [0, 0.1) is 5.92 Å². The van der Waals surface area contributed by atoms with Crippen molar-refractivity contribution in [2.24, 2.45) is 5.92 Å². The van der Waals surface area contributed by atoms with Gasteiger partial charge in [-0.05, 0) is 25.0 Å². The van der Waals surface area contributed by atoms with E-state index in [1.165, 1.54) is 13.3 Å².